The second-order valence-corrected chi connectivity index (χ2v) is 7.58. The molecule has 0 unspecified atom stereocenters. The first-order valence-corrected chi connectivity index (χ1v) is 13.2. The molecule has 0 rings (SSSR count). The van der Waals surface area contributed by atoms with Crippen LogP contribution in [0.1, 0.15) is 32.6 Å². The van der Waals surface area contributed by atoms with E-state index in [1.165, 1.54) is 12.8 Å². The fourth-order valence-corrected chi connectivity index (χ4v) is 2.74. The molecule has 9 nitrogen and oxygen atoms in total. The van der Waals surface area contributed by atoms with Crippen molar-refractivity contribution in [1.29, 1.82) is 0 Å². The highest BCUT2D eigenvalue weighted by Gasteiger charge is 1.95. The Bertz CT molecular complexity index is 322. The summed E-state index contributed by atoms with van der Waals surface area (Å²) in [5.41, 5.74) is 0. The van der Waals surface area contributed by atoms with Crippen molar-refractivity contribution in [3.8, 4) is 0 Å². The molecule has 0 fully saturated rings. The smallest absolute Gasteiger partial charge is 0.0701 e. The molecule has 0 bridgehead atoms. The molecule has 0 aromatic carbocycles. The highest BCUT2D eigenvalue weighted by Crippen LogP contribution is 2.01. The first-order valence-electron chi connectivity index (χ1n) is 12.7. The normalized spacial score (nSPS) is 11.5. The first-order chi connectivity index (χ1) is 16.9. The minimum absolute atomic E-state index is 0.536. The molecule has 0 saturated carbocycles. The topological polar surface area (TPSA) is 83.1 Å². The lowest BCUT2D eigenvalue weighted by molar-refractivity contribution is -0.0248. The lowest BCUT2D eigenvalue weighted by Crippen LogP contribution is -2.15. The van der Waals surface area contributed by atoms with Crippen LogP contribution in [0.25, 0.3) is 0 Å². The number of hydrogen-bond donors (Lipinski definition) is 0. The molecule has 0 amide bonds. The summed E-state index contributed by atoms with van der Waals surface area (Å²) >= 11 is 5.64. The third-order valence-corrected chi connectivity index (χ3v) is 4.62. The predicted octanol–water partition coefficient (Wildman–Crippen LogP) is 2.95. The van der Waals surface area contributed by atoms with Gasteiger partial charge in [-0.15, -0.1) is 11.6 Å². The average molecular weight is 517 g/mol. The first kappa shape index (κ1) is 33.9. The van der Waals surface area contributed by atoms with Gasteiger partial charge in [-0.2, -0.15) is 0 Å². The van der Waals surface area contributed by atoms with Crippen LogP contribution in [0.15, 0.2) is 0 Å². The fraction of sp³-hybridized carbons (Fsp3) is 1.00. The van der Waals surface area contributed by atoms with Crippen LogP contribution >= 0.6 is 11.6 Å². The zero-order valence-corrected chi connectivity index (χ0v) is 22.1. The van der Waals surface area contributed by atoms with E-state index in [0.717, 1.165) is 25.3 Å². The van der Waals surface area contributed by atoms with E-state index in [2.05, 4.69) is 0 Å². The Hall–Kier alpha value is -0.0700. The quantitative estimate of drug-likeness (QED) is 0.102. The fourth-order valence-electron chi connectivity index (χ4n) is 2.56. The lowest BCUT2D eigenvalue weighted by Gasteiger charge is -2.08. The van der Waals surface area contributed by atoms with Crippen LogP contribution in [-0.2, 0) is 42.6 Å². The van der Waals surface area contributed by atoms with Gasteiger partial charge in [0.05, 0.1) is 106 Å². The van der Waals surface area contributed by atoms with Crippen LogP contribution in [0.5, 0.6) is 0 Å². The van der Waals surface area contributed by atoms with Crippen molar-refractivity contribution >= 4 is 11.6 Å². The molecular formula is C24H49ClO9. The van der Waals surface area contributed by atoms with Gasteiger partial charge in [0.15, 0.2) is 0 Å². The minimum Gasteiger partial charge on any atom is -0.379 e. The van der Waals surface area contributed by atoms with Crippen molar-refractivity contribution < 1.29 is 42.6 Å². The number of alkyl halides is 1. The van der Waals surface area contributed by atoms with Crippen LogP contribution in [0.4, 0.5) is 0 Å². The summed E-state index contributed by atoms with van der Waals surface area (Å²) in [5.74, 6) is 0.749. The van der Waals surface area contributed by atoms with Crippen LogP contribution in [-0.4, -0.2) is 125 Å². The summed E-state index contributed by atoms with van der Waals surface area (Å²) in [5, 5.41) is 0. The van der Waals surface area contributed by atoms with Gasteiger partial charge in [0.1, 0.15) is 0 Å². The van der Waals surface area contributed by atoms with Gasteiger partial charge in [-0.1, -0.05) is 12.8 Å². The largest absolute Gasteiger partial charge is 0.379 e. The summed E-state index contributed by atoms with van der Waals surface area (Å²) < 4.78 is 48.7. The minimum atomic E-state index is 0.536. The molecule has 0 aromatic rings. The van der Waals surface area contributed by atoms with E-state index in [4.69, 9.17) is 54.2 Å². The van der Waals surface area contributed by atoms with Gasteiger partial charge in [0.2, 0.25) is 0 Å². The van der Waals surface area contributed by atoms with Gasteiger partial charge >= 0.3 is 0 Å². The third-order valence-electron chi connectivity index (χ3n) is 4.35. The summed E-state index contributed by atoms with van der Waals surface area (Å²) in [6.07, 6.45) is 4.52. The van der Waals surface area contributed by atoms with E-state index in [1.54, 1.807) is 0 Å². The van der Waals surface area contributed by atoms with Gasteiger partial charge in [-0.3, -0.25) is 0 Å². The van der Waals surface area contributed by atoms with Crippen molar-refractivity contribution in [3.63, 3.8) is 0 Å². The molecule has 0 aromatic heterocycles. The van der Waals surface area contributed by atoms with Crippen LogP contribution in [0.3, 0.4) is 0 Å². The third kappa shape index (κ3) is 31.9. The molecular weight excluding hydrogens is 468 g/mol. The highest BCUT2D eigenvalue weighted by molar-refractivity contribution is 6.17. The SMILES string of the molecule is CCOCCOCCOCCOCCOCCOCCOCCOCCOCCCCCCCl. The number of halogens is 1. The van der Waals surface area contributed by atoms with E-state index >= 15 is 0 Å². The molecule has 34 heavy (non-hydrogen) atoms. The molecule has 0 radical (unpaired) electrons. The zero-order valence-electron chi connectivity index (χ0n) is 21.3. The van der Waals surface area contributed by atoms with Crippen LogP contribution in [0, 0.1) is 0 Å². The Morgan fingerprint density at radius 3 is 0.882 bits per heavy atom. The Labute approximate surface area is 211 Å². The highest BCUT2D eigenvalue weighted by atomic mass is 35.5. The van der Waals surface area contributed by atoms with Gasteiger partial charge in [0, 0.05) is 19.1 Å². The second kappa shape index (κ2) is 32.9. The summed E-state index contributed by atoms with van der Waals surface area (Å²) in [6, 6.07) is 0. The lowest BCUT2D eigenvalue weighted by atomic mass is 10.2. The summed E-state index contributed by atoms with van der Waals surface area (Å²) in [6.45, 7) is 12.5. The number of rotatable bonds is 31. The van der Waals surface area contributed by atoms with E-state index in [9.17, 15) is 0 Å². The van der Waals surface area contributed by atoms with E-state index in [-0.39, 0.29) is 0 Å². The van der Waals surface area contributed by atoms with Gasteiger partial charge < -0.3 is 42.6 Å². The van der Waals surface area contributed by atoms with Crippen molar-refractivity contribution in [2.45, 2.75) is 32.6 Å². The Morgan fingerprint density at radius 1 is 0.324 bits per heavy atom. The maximum Gasteiger partial charge on any atom is 0.0701 e. The molecule has 10 heteroatoms. The monoisotopic (exact) mass is 516 g/mol. The molecule has 0 aliphatic rings. The van der Waals surface area contributed by atoms with Crippen LogP contribution in [0.2, 0.25) is 0 Å². The molecule has 0 atom stereocenters. The Balaban J connectivity index is 2.99. The van der Waals surface area contributed by atoms with E-state index in [1.807, 2.05) is 6.92 Å². The summed E-state index contributed by atoms with van der Waals surface area (Å²) in [4.78, 5) is 0. The molecule has 0 spiro atoms. The van der Waals surface area contributed by atoms with Crippen molar-refractivity contribution in [1.82, 2.24) is 0 Å². The maximum atomic E-state index is 5.64. The Kier molecular flexibility index (Phi) is 32.9. The molecule has 0 aliphatic carbocycles. The molecule has 0 N–H and O–H groups in total. The molecule has 0 heterocycles. The Morgan fingerprint density at radius 2 is 0.588 bits per heavy atom. The van der Waals surface area contributed by atoms with Gasteiger partial charge in [-0.05, 0) is 19.8 Å². The zero-order chi connectivity index (χ0) is 24.6. The second-order valence-electron chi connectivity index (χ2n) is 7.20. The molecule has 0 saturated heterocycles. The van der Waals surface area contributed by atoms with Gasteiger partial charge in [-0.25, -0.2) is 0 Å². The number of unbranched alkanes of at least 4 members (excludes halogenated alkanes) is 3. The van der Waals surface area contributed by atoms with Gasteiger partial charge in [0.25, 0.3) is 0 Å². The maximum absolute atomic E-state index is 5.64. The number of hydrogen-bond acceptors (Lipinski definition) is 9. The van der Waals surface area contributed by atoms with Crippen molar-refractivity contribution in [2.24, 2.45) is 0 Å². The number of ether oxygens (including phenoxy) is 9. The predicted molar refractivity (Wildman–Crippen MR) is 132 cm³/mol. The average Bonchev–Trinajstić information content (AvgIpc) is 2.85. The summed E-state index contributed by atoms with van der Waals surface area (Å²) in [7, 11) is 0. The molecule has 0 aliphatic heterocycles. The van der Waals surface area contributed by atoms with E-state index in [0.29, 0.717) is 112 Å². The van der Waals surface area contributed by atoms with Crippen LogP contribution < -0.4 is 0 Å². The standard InChI is InChI=1S/C24H49ClO9/c1-2-26-9-10-28-13-14-30-17-18-32-21-22-34-24-23-33-20-19-31-16-15-29-12-11-27-8-6-4-3-5-7-25/h2-24H2,1H3. The molecule has 206 valence electrons. The van der Waals surface area contributed by atoms with Crippen molar-refractivity contribution in [3.05, 3.63) is 0 Å². The van der Waals surface area contributed by atoms with Crippen molar-refractivity contribution in [2.75, 3.05) is 125 Å². The van der Waals surface area contributed by atoms with E-state index < -0.39 is 0 Å².